The van der Waals surface area contributed by atoms with Crippen molar-refractivity contribution in [2.45, 2.75) is 32.9 Å². The molecule has 2 heterocycles. The van der Waals surface area contributed by atoms with Crippen LogP contribution in [0, 0.1) is 18.7 Å². The van der Waals surface area contributed by atoms with Crippen LogP contribution in [0.15, 0.2) is 60.7 Å². The summed E-state index contributed by atoms with van der Waals surface area (Å²) in [5, 5.41) is 0. The highest BCUT2D eigenvalue weighted by atomic mass is 32.1. The quantitative estimate of drug-likeness (QED) is 0.441. The zero-order valence-corrected chi connectivity index (χ0v) is 20.3. The van der Waals surface area contributed by atoms with Crippen molar-refractivity contribution < 1.29 is 13.9 Å². The standard InChI is InChI=1S/C27H31FN2O2S/c1-19-4-13-26(33-19)17-29-15-23(27(18-29)22-7-11-25(32-3)12-8-22)16-30(20(2)31)14-21-5-9-24(28)10-6-21/h4-13,23,27H,14-18H2,1-3H3/t23-,27-/m0/s1. The number of amides is 1. The molecule has 1 aliphatic rings. The van der Waals surface area contributed by atoms with Gasteiger partial charge in [0, 0.05) is 55.3 Å². The molecule has 1 aromatic heterocycles. The van der Waals surface area contributed by atoms with Gasteiger partial charge < -0.3 is 9.64 Å². The first kappa shape index (κ1) is 23.5. The molecule has 4 nitrogen and oxygen atoms in total. The molecule has 33 heavy (non-hydrogen) atoms. The summed E-state index contributed by atoms with van der Waals surface area (Å²) in [5.74, 6) is 1.26. The summed E-state index contributed by atoms with van der Waals surface area (Å²) in [6.07, 6.45) is 0. The van der Waals surface area contributed by atoms with Gasteiger partial charge in [0.05, 0.1) is 7.11 Å². The molecule has 0 bridgehead atoms. The third-order valence-corrected chi connectivity index (χ3v) is 7.41. The van der Waals surface area contributed by atoms with Crippen LogP contribution >= 0.6 is 11.3 Å². The summed E-state index contributed by atoms with van der Waals surface area (Å²) in [6, 6.07) is 19.1. The molecule has 3 aromatic rings. The third kappa shape index (κ3) is 6.01. The second-order valence-corrected chi connectivity index (χ2v) is 10.2. The van der Waals surface area contributed by atoms with Crippen molar-refractivity contribution in [1.82, 2.24) is 9.80 Å². The predicted octanol–water partition coefficient (Wildman–Crippen LogP) is 5.47. The number of halogens is 1. The maximum absolute atomic E-state index is 13.3. The van der Waals surface area contributed by atoms with Gasteiger partial charge in [-0.05, 0) is 60.4 Å². The molecule has 0 saturated carbocycles. The number of likely N-dealkylation sites (tertiary alicyclic amines) is 1. The molecule has 174 valence electrons. The van der Waals surface area contributed by atoms with E-state index in [1.54, 1.807) is 26.2 Å². The van der Waals surface area contributed by atoms with Crippen LogP contribution in [-0.4, -0.2) is 42.5 Å². The second-order valence-electron chi connectivity index (χ2n) is 8.87. The summed E-state index contributed by atoms with van der Waals surface area (Å²) < 4.78 is 18.7. The first-order chi connectivity index (χ1) is 15.9. The van der Waals surface area contributed by atoms with Crippen LogP contribution in [0.25, 0.3) is 0 Å². The van der Waals surface area contributed by atoms with Crippen molar-refractivity contribution in [2.75, 3.05) is 26.7 Å². The molecule has 2 atom stereocenters. The van der Waals surface area contributed by atoms with Crippen molar-refractivity contribution in [1.29, 1.82) is 0 Å². The number of carbonyl (C=O) groups is 1. The molecule has 2 aromatic carbocycles. The largest absolute Gasteiger partial charge is 0.497 e. The fourth-order valence-corrected chi connectivity index (χ4v) is 5.62. The highest BCUT2D eigenvalue weighted by molar-refractivity contribution is 7.11. The van der Waals surface area contributed by atoms with Gasteiger partial charge in [-0.1, -0.05) is 24.3 Å². The van der Waals surface area contributed by atoms with E-state index in [1.807, 2.05) is 28.4 Å². The van der Waals surface area contributed by atoms with Gasteiger partial charge in [-0.15, -0.1) is 11.3 Å². The number of carbonyl (C=O) groups excluding carboxylic acids is 1. The monoisotopic (exact) mass is 466 g/mol. The Kier molecular flexibility index (Phi) is 7.46. The number of thiophene rings is 1. The van der Waals surface area contributed by atoms with E-state index >= 15 is 0 Å². The molecular formula is C27H31FN2O2S. The number of hydrogen-bond donors (Lipinski definition) is 0. The van der Waals surface area contributed by atoms with E-state index in [-0.39, 0.29) is 11.7 Å². The molecule has 0 aliphatic carbocycles. The highest BCUT2D eigenvalue weighted by Gasteiger charge is 2.35. The number of aryl methyl sites for hydroxylation is 1. The molecule has 0 radical (unpaired) electrons. The SMILES string of the molecule is COc1ccc([C@@H]2CN(Cc3ccc(C)s3)C[C@H]2CN(Cc2ccc(F)cc2)C(C)=O)cc1. The minimum Gasteiger partial charge on any atom is -0.497 e. The summed E-state index contributed by atoms with van der Waals surface area (Å²) in [4.78, 5) is 19.6. The van der Waals surface area contributed by atoms with E-state index in [0.717, 1.165) is 30.9 Å². The van der Waals surface area contributed by atoms with Gasteiger partial charge in [0.2, 0.25) is 5.91 Å². The van der Waals surface area contributed by atoms with Gasteiger partial charge in [-0.25, -0.2) is 4.39 Å². The predicted molar refractivity (Wildman–Crippen MR) is 131 cm³/mol. The lowest BCUT2D eigenvalue weighted by atomic mass is 9.88. The van der Waals surface area contributed by atoms with Gasteiger partial charge in [-0.2, -0.15) is 0 Å². The molecule has 0 unspecified atom stereocenters. The van der Waals surface area contributed by atoms with E-state index < -0.39 is 0 Å². The Balaban J connectivity index is 1.53. The number of nitrogens with zero attached hydrogens (tertiary/aromatic N) is 2. The lowest BCUT2D eigenvalue weighted by molar-refractivity contribution is -0.130. The number of rotatable bonds is 8. The van der Waals surface area contributed by atoms with E-state index in [0.29, 0.717) is 24.9 Å². The van der Waals surface area contributed by atoms with Crippen LogP contribution < -0.4 is 4.74 Å². The van der Waals surface area contributed by atoms with Crippen molar-refractivity contribution in [2.24, 2.45) is 5.92 Å². The van der Waals surface area contributed by atoms with Crippen LogP contribution in [0.1, 0.15) is 33.7 Å². The molecule has 4 rings (SSSR count). The summed E-state index contributed by atoms with van der Waals surface area (Å²) >= 11 is 1.85. The van der Waals surface area contributed by atoms with Crippen LogP contribution in [-0.2, 0) is 17.9 Å². The van der Waals surface area contributed by atoms with Crippen molar-refractivity contribution in [3.8, 4) is 5.75 Å². The zero-order chi connectivity index (χ0) is 23.4. The fourth-order valence-electron chi connectivity index (χ4n) is 4.69. The molecule has 0 spiro atoms. The Labute approximate surface area is 199 Å². The van der Waals surface area contributed by atoms with Gasteiger partial charge in [-0.3, -0.25) is 9.69 Å². The Bertz CT molecular complexity index is 1060. The average molecular weight is 467 g/mol. The molecule has 0 N–H and O–H groups in total. The number of ether oxygens (including phenoxy) is 1. The van der Waals surface area contributed by atoms with E-state index in [9.17, 15) is 9.18 Å². The summed E-state index contributed by atoms with van der Waals surface area (Å²) in [5.41, 5.74) is 2.22. The molecule has 1 amide bonds. The number of hydrogen-bond acceptors (Lipinski definition) is 4. The maximum atomic E-state index is 13.3. The minimum absolute atomic E-state index is 0.0418. The van der Waals surface area contributed by atoms with Gasteiger partial charge >= 0.3 is 0 Å². The Hall–Kier alpha value is -2.70. The Morgan fingerprint density at radius 1 is 1.09 bits per heavy atom. The van der Waals surface area contributed by atoms with Gasteiger partial charge in [0.15, 0.2) is 0 Å². The molecule has 1 fully saturated rings. The molecule has 1 aliphatic heterocycles. The second kappa shape index (κ2) is 10.5. The average Bonchev–Trinajstić information content (AvgIpc) is 3.40. The molecule has 1 saturated heterocycles. The first-order valence-corrected chi connectivity index (χ1v) is 12.1. The number of methoxy groups -OCH3 is 1. The van der Waals surface area contributed by atoms with E-state index in [1.165, 1.54) is 27.5 Å². The lowest BCUT2D eigenvalue weighted by Gasteiger charge is -2.28. The summed E-state index contributed by atoms with van der Waals surface area (Å²) in [6.45, 7) is 7.74. The van der Waals surface area contributed by atoms with E-state index in [4.69, 9.17) is 4.74 Å². The summed E-state index contributed by atoms with van der Waals surface area (Å²) in [7, 11) is 1.68. The van der Waals surface area contributed by atoms with Gasteiger partial charge in [0.1, 0.15) is 11.6 Å². The topological polar surface area (TPSA) is 32.8 Å². The van der Waals surface area contributed by atoms with Crippen LogP contribution in [0.5, 0.6) is 5.75 Å². The zero-order valence-electron chi connectivity index (χ0n) is 19.5. The normalized spacial score (nSPS) is 18.4. The first-order valence-electron chi connectivity index (χ1n) is 11.3. The van der Waals surface area contributed by atoms with E-state index in [2.05, 4.69) is 36.1 Å². The Morgan fingerprint density at radius 2 is 1.82 bits per heavy atom. The lowest BCUT2D eigenvalue weighted by Crippen LogP contribution is -2.35. The smallest absolute Gasteiger partial charge is 0.219 e. The van der Waals surface area contributed by atoms with Crippen molar-refractivity contribution >= 4 is 17.2 Å². The fraction of sp³-hybridized carbons (Fsp3) is 0.370. The minimum atomic E-state index is -0.261. The Morgan fingerprint density at radius 3 is 2.42 bits per heavy atom. The maximum Gasteiger partial charge on any atom is 0.219 e. The van der Waals surface area contributed by atoms with Crippen molar-refractivity contribution in [3.63, 3.8) is 0 Å². The molecule has 6 heteroatoms. The van der Waals surface area contributed by atoms with Crippen molar-refractivity contribution in [3.05, 3.63) is 87.4 Å². The number of benzene rings is 2. The third-order valence-electron chi connectivity index (χ3n) is 6.42. The highest BCUT2D eigenvalue weighted by Crippen LogP contribution is 2.35. The van der Waals surface area contributed by atoms with Crippen LogP contribution in [0.3, 0.4) is 0 Å². The van der Waals surface area contributed by atoms with Crippen LogP contribution in [0.4, 0.5) is 4.39 Å². The van der Waals surface area contributed by atoms with Gasteiger partial charge in [0.25, 0.3) is 0 Å². The molecular weight excluding hydrogens is 435 g/mol. The van der Waals surface area contributed by atoms with Crippen LogP contribution in [0.2, 0.25) is 0 Å².